The molecule has 0 fully saturated rings. The molecular weight excluding hydrogens is 315 g/mol. The summed E-state index contributed by atoms with van der Waals surface area (Å²) in [6.07, 6.45) is 0. The van der Waals surface area contributed by atoms with Crippen molar-refractivity contribution in [1.29, 1.82) is 0 Å². The van der Waals surface area contributed by atoms with Crippen molar-refractivity contribution in [2.75, 3.05) is 4.72 Å². The molecule has 0 amide bonds. The van der Waals surface area contributed by atoms with Crippen LogP contribution in [0.15, 0.2) is 41.3 Å². The van der Waals surface area contributed by atoms with Gasteiger partial charge in [0.15, 0.2) is 17.5 Å². The second-order valence-corrected chi connectivity index (χ2v) is 6.67. The molecule has 0 saturated heterocycles. The molecule has 0 aromatic heterocycles. The number of para-hydroxylation sites is 1. The lowest BCUT2D eigenvalue weighted by atomic mass is 10.0. The molecule has 2 aromatic carbocycles. The van der Waals surface area contributed by atoms with Gasteiger partial charge in [0.1, 0.15) is 4.90 Å². The summed E-state index contributed by atoms with van der Waals surface area (Å²) in [5.74, 6) is -4.98. The predicted molar refractivity (Wildman–Crippen MR) is 77.7 cm³/mol. The van der Waals surface area contributed by atoms with Crippen molar-refractivity contribution in [3.05, 3.63) is 59.4 Å². The maximum atomic E-state index is 13.7. The highest BCUT2D eigenvalue weighted by Crippen LogP contribution is 2.27. The SMILES string of the molecule is CC(C)c1ccccc1NS(=O)(=O)c1ccc(F)c(F)c1F. The molecule has 0 spiro atoms. The Labute approximate surface area is 126 Å². The number of anilines is 1. The van der Waals surface area contributed by atoms with Crippen LogP contribution in [0.3, 0.4) is 0 Å². The molecule has 118 valence electrons. The van der Waals surface area contributed by atoms with E-state index in [1.807, 2.05) is 13.8 Å². The Morgan fingerprint density at radius 1 is 0.955 bits per heavy atom. The summed E-state index contributed by atoms with van der Waals surface area (Å²) in [6.45, 7) is 3.73. The van der Waals surface area contributed by atoms with Gasteiger partial charge in [0.25, 0.3) is 10.0 Å². The highest BCUT2D eigenvalue weighted by molar-refractivity contribution is 7.92. The zero-order valence-electron chi connectivity index (χ0n) is 11.9. The second-order valence-electron chi connectivity index (χ2n) is 5.02. The largest absolute Gasteiger partial charge is 0.279 e. The van der Waals surface area contributed by atoms with E-state index in [0.717, 1.165) is 0 Å². The van der Waals surface area contributed by atoms with Crippen molar-refractivity contribution in [3.8, 4) is 0 Å². The van der Waals surface area contributed by atoms with Crippen LogP contribution in [0.4, 0.5) is 18.9 Å². The second kappa shape index (κ2) is 6.00. The van der Waals surface area contributed by atoms with Gasteiger partial charge in [0.2, 0.25) is 0 Å². The number of rotatable bonds is 4. The monoisotopic (exact) mass is 329 g/mol. The van der Waals surface area contributed by atoms with Crippen molar-refractivity contribution in [3.63, 3.8) is 0 Å². The van der Waals surface area contributed by atoms with E-state index < -0.39 is 32.4 Å². The number of hydrogen-bond donors (Lipinski definition) is 1. The molecule has 0 saturated carbocycles. The van der Waals surface area contributed by atoms with Gasteiger partial charge >= 0.3 is 0 Å². The summed E-state index contributed by atoms with van der Waals surface area (Å²) in [5, 5.41) is 0. The smallest absolute Gasteiger partial charge is 0.264 e. The molecule has 2 rings (SSSR count). The first-order chi connectivity index (χ1) is 10.2. The average molecular weight is 329 g/mol. The zero-order valence-corrected chi connectivity index (χ0v) is 12.7. The van der Waals surface area contributed by atoms with E-state index in [1.165, 1.54) is 6.07 Å². The van der Waals surface area contributed by atoms with Gasteiger partial charge in [-0.1, -0.05) is 32.0 Å². The number of benzene rings is 2. The Bertz CT molecular complexity index is 804. The summed E-state index contributed by atoms with van der Waals surface area (Å²) in [7, 11) is -4.37. The Kier molecular flexibility index (Phi) is 4.46. The minimum atomic E-state index is -4.37. The fourth-order valence-electron chi connectivity index (χ4n) is 2.01. The molecule has 3 nitrogen and oxygen atoms in total. The first kappa shape index (κ1) is 16.4. The van der Waals surface area contributed by atoms with Crippen LogP contribution in [0.25, 0.3) is 0 Å². The number of halogens is 3. The molecular formula is C15H14F3NO2S. The van der Waals surface area contributed by atoms with Gasteiger partial charge in [0.05, 0.1) is 5.69 Å². The van der Waals surface area contributed by atoms with Crippen LogP contribution in [0.2, 0.25) is 0 Å². The number of hydrogen-bond acceptors (Lipinski definition) is 2. The average Bonchev–Trinajstić information content (AvgIpc) is 2.44. The van der Waals surface area contributed by atoms with Crippen molar-refractivity contribution >= 4 is 15.7 Å². The summed E-state index contributed by atoms with van der Waals surface area (Å²) in [4.78, 5) is -0.940. The van der Waals surface area contributed by atoms with Crippen molar-refractivity contribution < 1.29 is 21.6 Å². The third-order valence-corrected chi connectivity index (χ3v) is 4.50. The van der Waals surface area contributed by atoms with Gasteiger partial charge in [-0.15, -0.1) is 0 Å². The van der Waals surface area contributed by atoms with Crippen molar-refractivity contribution in [1.82, 2.24) is 0 Å². The van der Waals surface area contributed by atoms with Crippen molar-refractivity contribution in [2.45, 2.75) is 24.7 Å². The van der Waals surface area contributed by atoms with Crippen LogP contribution < -0.4 is 4.72 Å². The topological polar surface area (TPSA) is 46.2 Å². The quantitative estimate of drug-likeness (QED) is 0.861. The normalized spacial score (nSPS) is 11.7. The molecule has 2 aromatic rings. The minimum absolute atomic E-state index is 0.0219. The molecule has 0 aliphatic heterocycles. The maximum Gasteiger partial charge on any atom is 0.264 e. The summed E-state index contributed by atoms with van der Waals surface area (Å²) in [5.41, 5.74) is 0.968. The molecule has 0 radical (unpaired) electrons. The van der Waals surface area contributed by atoms with Gasteiger partial charge in [-0.2, -0.15) is 0 Å². The first-order valence-corrected chi connectivity index (χ1v) is 7.97. The lowest BCUT2D eigenvalue weighted by molar-refractivity contribution is 0.432. The van der Waals surface area contributed by atoms with Crippen molar-refractivity contribution in [2.24, 2.45) is 0 Å². The van der Waals surface area contributed by atoms with Gasteiger partial charge in [-0.05, 0) is 29.7 Å². The molecule has 22 heavy (non-hydrogen) atoms. The van der Waals surface area contributed by atoms with E-state index in [4.69, 9.17) is 0 Å². The van der Waals surface area contributed by atoms with Gasteiger partial charge in [0, 0.05) is 0 Å². The predicted octanol–water partition coefficient (Wildman–Crippen LogP) is 4.03. The Morgan fingerprint density at radius 3 is 2.23 bits per heavy atom. The van der Waals surface area contributed by atoms with E-state index in [0.29, 0.717) is 17.7 Å². The Balaban J connectivity index is 2.48. The minimum Gasteiger partial charge on any atom is -0.279 e. The Morgan fingerprint density at radius 2 is 1.59 bits per heavy atom. The molecule has 7 heteroatoms. The van der Waals surface area contributed by atoms with Gasteiger partial charge in [-0.25, -0.2) is 21.6 Å². The zero-order chi connectivity index (χ0) is 16.5. The molecule has 0 aliphatic carbocycles. The number of nitrogens with one attached hydrogen (secondary N) is 1. The van der Waals surface area contributed by atoms with Crippen LogP contribution in [-0.2, 0) is 10.0 Å². The fourth-order valence-corrected chi connectivity index (χ4v) is 3.17. The van der Waals surface area contributed by atoms with Gasteiger partial charge in [-0.3, -0.25) is 4.72 Å². The molecule has 0 unspecified atom stereocenters. The van der Waals surface area contributed by atoms with Crippen LogP contribution in [0.5, 0.6) is 0 Å². The molecule has 1 N–H and O–H groups in total. The number of sulfonamides is 1. The lowest BCUT2D eigenvalue weighted by Gasteiger charge is -2.15. The van der Waals surface area contributed by atoms with E-state index in [2.05, 4.69) is 4.72 Å². The van der Waals surface area contributed by atoms with E-state index in [9.17, 15) is 21.6 Å². The molecule has 0 atom stereocenters. The highest BCUT2D eigenvalue weighted by Gasteiger charge is 2.25. The summed E-state index contributed by atoms with van der Waals surface area (Å²) in [6, 6.07) is 7.86. The van der Waals surface area contributed by atoms with E-state index >= 15 is 0 Å². The fraction of sp³-hybridized carbons (Fsp3) is 0.200. The van der Waals surface area contributed by atoms with E-state index in [-0.39, 0.29) is 11.6 Å². The van der Waals surface area contributed by atoms with Crippen LogP contribution >= 0.6 is 0 Å². The highest BCUT2D eigenvalue weighted by atomic mass is 32.2. The standard InChI is InChI=1S/C15H14F3NO2S/c1-9(2)10-5-3-4-6-12(10)19-22(20,21)13-8-7-11(16)14(17)15(13)18/h3-9,19H,1-2H3. The molecule has 0 bridgehead atoms. The molecule has 0 heterocycles. The van der Waals surface area contributed by atoms with Gasteiger partial charge < -0.3 is 0 Å². The van der Waals surface area contributed by atoms with Crippen LogP contribution in [0, 0.1) is 17.5 Å². The first-order valence-electron chi connectivity index (χ1n) is 6.49. The van der Waals surface area contributed by atoms with Crippen LogP contribution in [-0.4, -0.2) is 8.42 Å². The third kappa shape index (κ3) is 3.09. The van der Waals surface area contributed by atoms with Crippen LogP contribution in [0.1, 0.15) is 25.3 Å². The lowest BCUT2D eigenvalue weighted by Crippen LogP contribution is -2.17. The Hall–Kier alpha value is -2.02. The summed E-state index contributed by atoms with van der Waals surface area (Å²) >= 11 is 0. The third-order valence-electron chi connectivity index (χ3n) is 3.12. The maximum absolute atomic E-state index is 13.7. The molecule has 0 aliphatic rings. The van der Waals surface area contributed by atoms with E-state index in [1.54, 1.807) is 18.2 Å². The summed E-state index contributed by atoms with van der Waals surface area (Å²) < 4.78 is 66.5.